The van der Waals surface area contributed by atoms with Gasteiger partial charge in [0.25, 0.3) is 0 Å². The van der Waals surface area contributed by atoms with Gasteiger partial charge in [-0.1, -0.05) is 0 Å². The van der Waals surface area contributed by atoms with Crippen LogP contribution in [-0.2, 0) is 0 Å². The average molecular weight is 620 g/mol. The van der Waals surface area contributed by atoms with Crippen LogP contribution in [0.4, 0.5) is 0 Å². The second kappa shape index (κ2) is 6.99. The molecule has 0 aliphatic rings. The molecule has 0 unspecified atom stereocenters. The smallest absolute Gasteiger partial charge is 0.345 e. The molecule has 0 fully saturated rings. The van der Waals surface area contributed by atoms with Gasteiger partial charge in [-0.05, 0) is 117 Å². The first kappa shape index (κ1) is 17.3. The lowest BCUT2D eigenvalue weighted by Crippen LogP contribution is -2.13. The molecule has 21 heavy (non-hydrogen) atoms. The quantitative estimate of drug-likeness (QED) is 0.222. The van der Waals surface area contributed by atoms with E-state index < -0.39 is 0 Å². The van der Waals surface area contributed by atoms with E-state index in [1.54, 1.807) is 26.0 Å². The summed E-state index contributed by atoms with van der Waals surface area (Å²) < 4.78 is 8.23. The summed E-state index contributed by atoms with van der Waals surface area (Å²) in [7, 11) is 0. The number of esters is 1. The maximum absolute atomic E-state index is 12.4. The third-order valence-corrected chi connectivity index (χ3v) is 6.87. The summed E-state index contributed by atoms with van der Waals surface area (Å²) in [6.45, 7) is 3.55. The fourth-order valence-electron chi connectivity index (χ4n) is 1.85. The Morgan fingerprint density at radius 3 is 2.14 bits per heavy atom. The third-order valence-electron chi connectivity index (χ3n) is 2.92. The minimum Gasteiger partial charge on any atom is -0.507 e. The van der Waals surface area contributed by atoms with Crippen LogP contribution >= 0.6 is 67.8 Å². The Morgan fingerprint density at radius 1 is 1.05 bits per heavy atom. The van der Waals surface area contributed by atoms with Gasteiger partial charge >= 0.3 is 5.97 Å². The van der Waals surface area contributed by atoms with Crippen molar-refractivity contribution < 1.29 is 14.6 Å². The topological polar surface area (TPSA) is 46.5 Å². The number of halogens is 3. The summed E-state index contributed by atoms with van der Waals surface area (Å²) in [5.41, 5.74) is 1.95. The molecule has 0 aliphatic heterocycles. The molecule has 2 aromatic carbocycles. The van der Waals surface area contributed by atoms with E-state index in [1.807, 2.05) is 12.1 Å². The SMILES string of the molecule is Cc1cc(OC(=O)c2c(I)ccc(I)c2I)cc(C)c1O. The van der Waals surface area contributed by atoms with Crippen molar-refractivity contribution in [3.05, 3.63) is 51.7 Å². The van der Waals surface area contributed by atoms with E-state index >= 15 is 0 Å². The molecule has 0 spiro atoms. The van der Waals surface area contributed by atoms with E-state index in [-0.39, 0.29) is 11.7 Å². The first-order valence-corrected chi connectivity index (χ1v) is 9.20. The van der Waals surface area contributed by atoms with Gasteiger partial charge in [0, 0.05) is 10.7 Å². The summed E-state index contributed by atoms with van der Waals surface area (Å²) in [4.78, 5) is 12.4. The van der Waals surface area contributed by atoms with E-state index in [9.17, 15) is 9.90 Å². The first-order valence-electron chi connectivity index (χ1n) is 5.97. The molecule has 0 amide bonds. The first-order chi connectivity index (χ1) is 9.81. The summed E-state index contributed by atoms with van der Waals surface area (Å²) in [5, 5.41) is 9.76. The molecule has 1 N–H and O–H groups in total. The Bertz CT molecular complexity index is 703. The standard InChI is InChI=1S/C15H11I3O3/c1-7-5-9(6-8(2)14(7)19)21-15(20)12-10(16)3-4-11(17)13(12)18/h3-6,19H,1-2H3. The van der Waals surface area contributed by atoms with Gasteiger partial charge in [0.2, 0.25) is 0 Å². The fraction of sp³-hybridized carbons (Fsp3) is 0.133. The predicted molar refractivity (Wildman–Crippen MR) is 107 cm³/mol. The maximum Gasteiger partial charge on any atom is 0.345 e. The van der Waals surface area contributed by atoms with Crippen molar-refractivity contribution in [1.29, 1.82) is 0 Å². The molecule has 0 saturated heterocycles. The highest BCUT2D eigenvalue weighted by molar-refractivity contribution is 14.1. The van der Waals surface area contributed by atoms with Gasteiger partial charge in [-0.25, -0.2) is 4.79 Å². The van der Waals surface area contributed by atoms with Crippen molar-refractivity contribution in [1.82, 2.24) is 0 Å². The molecule has 6 heteroatoms. The minimum absolute atomic E-state index is 0.230. The summed E-state index contributed by atoms with van der Waals surface area (Å²) >= 11 is 6.48. The minimum atomic E-state index is -0.383. The van der Waals surface area contributed by atoms with Gasteiger partial charge in [0.1, 0.15) is 11.5 Å². The number of ether oxygens (including phenoxy) is 1. The molecule has 0 saturated carbocycles. The van der Waals surface area contributed by atoms with Crippen LogP contribution in [0.1, 0.15) is 21.5 Å². The fourth-order valence-corrected chi connectivity index (χ4v) is 4.17. The van der Waals surface area contributed by atoms with E-state index in [1.165, 1.54) is 0 Å². The van der Waals surface area contributed by atoms with Crippen LogP contribution in [0.15, 0.2) is 24.3 Å². The van der Waals surface area contributed by atoms with Crippen LogP contribution in [-0.4, -0.2) is 11.1 Å². The number of hydrogen-bond donors (Lipinski definition) is 1. The highest BCUT2D eigenvalue weighted by atomic mass is 127. The maximum atomic E-state index is 12.4. The molecular formula is C15H11I3O3. The van der Waals surface area contributed by atoms with E-state index in [2.05, 4.69) is 67.8 Å². The molecule has 0 radical (unpaired) electrons. The van der Waals surface area contributed by atoms with Gasteiger partial charge in [-0.3, -0.25) is 0 Å². The number of hydrogen-bond acceptors (Lipinski definition) is 3. The Hall–Kier alpha value is -0.100. The molecule has 0 atom stereocenters. The molecule has 0 bridgehead atoms. The number of carbonyl (C=O) groups is 1. The summed E-state index contributed by atoms with van der Waals surface area (Å²) in [6, 6.07) is 7.19. The third kappa shape index (κ3) is 3.81. The van der Waals surface area contributed by atoms with Gasteiger partial charge in [-0.15, -0.1) is 0 Å². The highest BCUT2D eigenvalue weighted by Crippen LogP contribution is 2.29. The highest BCUT2D eigenvalue weighted by Gasteiger charge is 2.19. The number of rotatable bonds is 2. The van der Waals surface area contributed by atoms with Crippen molar-refractivity contribution >= 4 is 73.7 Å². The normalized spacial score (nSPS) is 10.5. The van der Waals surface area contributed by atoms with E-state index in [0.717, 1.165) is 10.7 Å². The molecule has 0 aromatic heterocycles. The average Bonchev–Trinajstić information content (AvgIpc) is 2.40. The van der Waals surface area contributed by atoms with Crippen LogP contribution in [0, 0.1) is 24.6 Å². The number of aryl methyl sites for hydroxylation is 2. The number of carbonyl (C=O) groups excluding carboxylic acids is 1. The van der Waals surface area contributed by atoms with E-state index in [4.69, 9.17) is 4.74 Å². The zero-order valence-electron chi connectivity index (χ0n) is 11.2. The second-order valence-electron chi connectivity index (χ2n) is 4.51. The Morgan fingerprint density at radius 2 is 1.57 bits per heavy atom. The van der Waals surface area contributed by atoms with Crippen LogP contribution in [0.25, 0.3) is 0 Å². The van der Waals surface area contributed by atoms with Crippen molar-refractivity contribution in [2.24, 2.45) is 0 Å². The molecule has 3 nitrogen and oxygen atoms in total. The molecule has 0 heterocycles. The van der Waals surface area contributed by atoms with E-state index in [0.29, 0.717) is 22.4 Å². The summed E-state index contributed by atoms with van der Waals surface area (Å²) in [5.74, 6) is 0.290. The molecule has 2 rings (SSSR count). The Labute approximate surface area is 163 Å². The monoisotopic (exact) mass is 620 g/mol. The number of phenolic OH excluding ortho intramolecular Hbond substituents is 1. The second-order valence-corrected chi connectivity index (χ2v) is 7.92. The van der Waals surface area contributed by atoms with Crippen molar-refractivity contribution in [2.45, 2.75) is 13.8 Å². The zero-order chi connectivity index (χ0) is 15.7. The van der Waals surface area contributed by atoms with Gasteiger partial charge in [0.05, 0.1) is 5.56 Å². The largest absolute Gasteiger partial charge is 0.507 e. The Balaban J connectivity index is 2.37. The van der Waals surface area contributed by atoms with Crippen molar-refractivity contribution in [2.75, 3.05) is 0 Å². The van der Waals surface area contributed by atoms with Gasteiger partial charge in [-0.2, -0.15) is 0 Å². The van der Waals surface area contributed by atoms with Crippen LogP contribution < -0.4 is 4.74 Å². The summed E-state index contributed by atoms with van der Waals surface area (Å²) in [6.07, 6.45) is 0. The van der Waals surface area contributed by atoms with Gasteiger partial charge < -0.3 is 9.84 Å². The van der Waals surface area contributed by atoms with Crippen LogP contribution in [0.2, 0.25) is 0 Å². The van der Waals surface area contributed by atoms with Crippen molar-refractivity contribution in [3.8, 4) is 11.5 Å². The lowest BCUT2D eigenvalue weighted by Gasteiger charge is -2.11. The number of benzene rings is 2. The molecule has 2 aromatic rings. The van der Waals surface area contributed by atoms with Crippen LogP contribution in [0.3, 0.4) is 0 Å². The Kier molecular flexibility index (Phi) is 5.74. The molecular weight excluding hydrogens is 609 g/mol. The van der Waals surface area contributed by atoms with Crippen molar-refractivity contribution in [3.63, 3.8) is 0 Å². The molecule has 0 aliphatic carbocycles. The predicted octanol–water partition coefficient (Wildman–Crippen LogP) is 5.04. The number of phenols is 1. The van der Waals surface area contributed by atoms with Crippen LogP contribution in [0.5, 0.6) is 11.5 Å². The van der Waals surface area contributed by atoms with Gasteiger partial charge in [0.15, 0.2) is 0 Å². The lowest BCUT2D eigenvalue weighted by molar-refractivity contribution is 0.0732. The number of aromatic hydroxyl groups is 1. The molecule has 110 valence electrons. The zero-order valence-corrected chi connectivity index (χ0v) is 17.7. The lowest BCUT2D eigenvalue weighted by atomic mass is 10.1.